The lowest BCUT2D eigenvalue weighted by atomic mass is 10.1. The summed E-state index contributed by atoms with van der Waals surface area (Å²) in [5.74, 6) is 0.891. The van der Waals surface area contributed by atoms with Gasteiger partial charge in [0.15, 0.2) is 5.76 Å². The number of fused-ring (bicyclic) bond motifs is 1. The molecule has 1 atom stereocenters. The summed E-state index contributed by atoms with van der Waals surface area (Å²) in [6.45, 7) is 2.49. The molecule has 3 heterocycles. The molecule has 0 spiro atoms. The standard InChI is InChI=1S/C18H16ClN3O2/c1-12-8-13-4-2-3-5-16(13)22(12)18(23)17-7-6-15(24-17)11-21-10-14(19)9-20-21/h2-7,9-10,12H,8,11H2,1H3/t12-/m1/s1. The van der Waals surface area contributed by atoms with Gasteiger partial charge in [-0.15, -0.1) is 0 Å². The molecule has 6 heteroatoms. The fourth-order valence-corrected chi connectivity index (χ4v) is 3.31. The summed E-state index contributed by atoms with van der Waals surface area (Å²) in [4.78, 5) is 14.7. The molecule has 0 bridgehead atoms. The van der Waals surface area contributed by atoms with E-state index in [1.54, 1.807) is 29.2 Å². The van der Waals surface area contributed by atoms with Gasteiger partial charge < -0.3 is 9.32 Å². The molecule has 0 saturated heterocycles. The van der Waals surface area contributed by atoms with Crippen molar-refractivity contribution in [3.63, 3.8) is 0 Å². The van der Waals surface area contributed by atoms with Gasteiger partial charge in [0, 0.05) is 17.9 Å². The SMILES string of the molecule is C[C@@H]1Cc2ccccc2N1C(=O)c1ccc(Cn2cc(Cl)cn2)o1. The molecule has 0 unspecified atom stereocenters. The highest BCUT2D eigenvalue weighted by Crippen LogP contribution is 2.33. The van der Waals surface area contributed by atoms with E-state index in [1.807, 2.05) is 30.0 Å². The number of amides is 1. The number of anilines is 1. The van der Waals surface area contributed by atoms with E-state index in [0.29, 0.717) is 23.1 Å². The molecule has 0 saturated carbocycles. The van der Waals surface area contributed by atoms with Crippen LogP contribution in [0.15, 0.2) is 53.2 Å². The Morgan fingerprint density at radius 1 is 1.33 bits per heavy atom. The van der Waals surface area contributed by atoms with E-state index in [2.05, 4.69) is 11.2 Å². The summed E-state index contributed by atoms with van der Waals surface area (Å²) in [5.41, 5.74) is 2.16. The number of benzene rings is 1. The van der Waals surface area contributed by atoms with Crippen molar-refractivity contribution < 1.29 is 9.21 Å². The smallest absolute Gasteiger partial charge is 0.294 e. The van der Waals surface area contributed by atoms with E-state index in [1.165, 1.54) is 5.56 Å². The lowest BCUT2D eigenvalue weighted by Gasteiger charge is -2.21. The summed E-state index contributed by atoms with van der Waals surface area (Å²) in [5, 5.41) is 4.68. The van der Waals surface area contributed by atoms with Crippen LogP contribution in [0.4, 0.5) is 5.69 Å². The van der Waals surface area contributed by atoms with Gasteiger partial charge in [-0.3, -0.25) is 9.48 Å². The van der Waals surface area contributed by atoms with E-state index < -0.39 is 0 Å². The lowest BCUT2D eigenvalue weighted by molar-refractivity contribution is 0.0952. The number of halogens is 1. The zero-order chi connectivity index (χ0) is 16.7. The summed E-state index contributed by atoms with van der Waals surface area (Å²) in [7, 11) is 0. The molecule has 1 aliphatic heterocycles. The van der Waals surface area contributed by atoms with Gasteiger partial charge in [-0.1, -0.05) is 29.8 Å². The van der Waals surface area contributed by atoms with Gasteiger partial charge >= 0.3 is 0 Å². The molecule has 5 nitrogen and oxygen atoms in total. The van der Waals surface area contributed by atoms with Crippen molar-refractivity contribution in [2.45, 2.75) is 25.9 Å². The van der Waals surface area contributed by atoms with Gasteiger partial charge in [0.25, 0.3) is 5.91 Å². The maximum absolute atomic E-state index is 12.9. The molecular formula is C18H16ClN3O2. The average Bonchev–Trinajstić information content (AvgIpc) is 3.25. The normalized spacial score (nSPS) is 16.4. The van der Waals surface area contributed by atoms with Crippen molar-refractivity contribution >= 4 is 23.2 Å². The lowest BCUT2D eigenvalue weighted by Crippen LogP contribution is -2.35. The van der Waals surface area contributed by atoms with Crippen molar-refractivity contribution in [3.8, 4) is 0 Å². The summed E-state index contributed by atoms with van der Waals surface area (Å²) in [6.07, 6.45) is 4.14. The minimum Gasteiger partial charge on any atom is -0.454 e. The first-order valence-corrected chi connectivity index (χ1v) is 8.18. The Bertz CT molecular complexity index is 899. The second-order valence-electron chi connectivity index (χ2n) is 5.98. The Kier molecular flexibility index (Phi) is 3.65. The molecule has 0 N–H and O–H groups in total. The number of carbonyl (C=O) groups excluding carboxylic acids is 1. The van der Waals surface area contributed by atoms with E-state index in [0.717, 1.165) is 12.1 Å². The van der Waals surface area contributed by atoms with Crippen LogP contribution < -0.4 is 4.90 Å². The summed E-state index contributed by atoms with van der Waals surface area (Å²) >= 11 is 5.86. The third-order valence-corrected chi connectivity index (χ3v) is 4.41. The second-order valence-corrected chi connectivity index (χ2v) is 6.42. The van der Waals surface area contributed by atoms with Gasteiger partial charge in [0.1, 0.15) is 5.76 Å². The fourth-order valence-electron chi connectivity index (χ4n) is 3.16. The molecule has 1 amide bonds. The Morgan fingerprint density at radius 2 is 2.17 bits per heavy atom. The number of hydrogen-bond acceptors (Lipinski definition) is 3. The molecule has 1 aliphatic rings. The average molecular weight is 342 g/mol. The number of furan rings is 1. The third-order valence-electron chi connectivity index (χ3n) is 4.22. The molecule has 1 aromatic carbocycles. The third kappa shape index (κ3) is 2.61. The Hall–Kier alpha value is -2.53. The predicted molar refractivity (Wildman–Crippen MR) is 91.5 cm³/mol. The first-order valence-electron chi connectivity index (χ1n) is 7.80. The Balaban J connectivity index is 1.57. The second kappa shape index (κ2) is 5.83. The van der Waals surface area contributed by atoms with Gasteiger partial charge in [-0.25, -0.2) is 0 Å². The van der Waals surface area contributed by atoms with Crippen molar-refractivity contribution in [2.75, 3.05) is 4.90 Å². The first kappa shape index (κ1) is 15.0. The molecule has 0 fully saturated rings. The first-order chi connectivity index (χ1) is 11.6. The molecule has 0 radical (unpaired) electrons. The number of aromatic nitrogens is 2. The molecule has 3 aromatic rings. The largest absolute Gasteiger partial charge is 0.454 e. The van der Waals surface area contributed by atoms with Crippen molar-refractivity contribution in [1.29, 1.82) is 0 Å². The molecule has 2 aromatic heterocycles. The number of carbonyl (C=O) groups is 1. The monoisotopic (exact) mass is 341 g/mol. The highest BCUT2D eigenvalue weighted by Gasteiger charge is 2.32. The van der Waals surface area contributed by atoms with Crippen molar-refractivity contribution in [3.05, 3.63) is 70.9 Å². The number of para-hydroxylation sites is 1. The molecule has 4 rings (SSSR count). The van der Waals surface area contributed by atoms with Crippen LogP contribution >= 0.6 is 11.6 Å². The number of nitrogens with zero attached hydrogens (tertiary/aromatic N) is 3. The number of rotatable bonds is 3. The van der Waals surface area contributed by atoms with E-state index in [9.17, 15) is 4.79 Å². The van der Waals surface area contributed by atoms with Gasteiger partial charge in [0.05, 0.1) is 17.8 Å². The topological polar surface area (TPSA) is 51.3 Å². The van der Waals surface area contributed by atoms with Crippen LogP contribution in [-0.4, -0.2) is 21.7 Å². The maximum Gasteiger partial charge on any atom is 0.294 e. The molecular weight excluding hydrogens is 326 g/mol. The summed E-state index contributed by atoms with van der Waals surface area (Å²) in [6, 6.07) is 11.6. The maximum atomic E-state index is 12.9. The van der Waals surface area contributed by atoms with Gasteiger partial charge in [0.2, 0.25) is 0 Å². The number of hydrogen-bond donors (Lipinski definition) is 0. The zero-order valence-electron chi connectivity index (χ0n) is 13.1. The van der Waals surface area contributed by atoms with Crippen LogP contribution in [0.1, 0.15) is 28.8 Å². The van der Waals surface area contributed by atoms with Gasteiger partial charge in [-0.2, -0.15) is 5.10 Å². The minimum atomic E-state index is -0.114. The quantitative estimate of drug-likeness (QED) is 0.728. The predicted octanol–water partition coefficient (Wildman–Crippen LogP) is 3.77. The minimum absolute atomic E-state index is 0.114. The van der Waals surface area contributed by atoms with Crippen molar-refractivity contribution in [1.82, 2.24) is 9.78 Å². The van der Waals surface area contributed by atoms with E-state index in [-0.39, 0.29) is 11.9 Å². The molecule has 0 aliphatic carbocycles. The van der Waals surface area contributed by atoms with E-state index >= 15 is 0 Å². The van der Waals surface area contributed by atoms with Crippen LogP contribution in [0, 0.1) is 0 Å². The van der Waals surface area contributed by atoms with Crippen LogP contribution in [0.2, 0.25) is 5.02 Å². The highest BCUT2D eigenvalue weighted by atomic mass is 35.5. The summed E-state index contributed by atoms with van der Waals surface area (Å²) < 4.78 is 7.41. The Labute approximate surface area is 144 Å². The van der Waals surface area contributed by atoms with Crippen molar-refractivity contribution in [2.24, 2.45) is 0 Å². The van der Waals surface area contributed by atoms with Gasteiger partial charge in [-0.05, 0) is 37.1 Å². The zero-order valence-corrected chi connectivity index (χ0v) is 13.9. The molecule has 122 valence electrons. The van der Waals surface area contributed by atoms with Crippen LogP contribution in [-0.2, 0) is 13.0 Å². The fraction of sp³-hybridized carbons (Fsp3) is 0.222. The van der Waals surface area contributed by atoms with Crippen LogP contribution in [0.5, 0.6) is 0 Å². The molecule has 24 heavy (non-hydrogen) atoms. The van der Waals surface area contributed by atoms with Crippen LogP contribution in [0.3, 0.4) is 0 Å². The van der Waals surface area contributed by atoms with E-state index in [4.69, 9.17) is 16.0 Å². The highest BCUT2D eigenvalue weighted by molar-refractivity contribution is 6.30. The van der Waals surface area contributed by atoms with Crippen LogP contribution in [0.25, 0.3) is 0 Å². The Morgan fingerprint density at radius 3 is 2.96 bits per heavy atom.